The third-order valence-electron chi connectivity index (χ3n) is 8.03. The number of fused-ring (bicyclic) bond motifs is 1. The lowest BCUT2D eigenvalue weighted by Crippen LogP contribution is -2.42. The molecule has 2 atom stereocenters. The van der Waals surface area contributed by atoms with E-state index in [1.54, 1.807) is 0 Å². The first-order valence-electron chi connectivity index (χ1n) is 13.5. The van der Waals surface area contributed by atoms with Crippen molar-refractivity contribution in [2.45, 2.75) is 58.7 Å². The minimum absolute atomic E-state index is 0.0281. The van der Waals surface area contributed by atoms with Crippen LogP contribution in [0.1, 0.15) is 67.2 Å². The van der Waals surface area contributed by atoms with Crippen LogP contribution in [0.15, 0.2) is 66.9 Å². The third-order valence-corrected chi connectivity index (χ3v) is 8.38. The van der Waals surface area contributed by atoms with Crippen molar-refractivity contribution in [3.63, 3.8) is 0 Å². The summed E-state index contributed by atoms with van der Waals surface area (Å²) in [6, 6.07) is 18.5. The van der Waals surface area contributed by atoms with Crippen LogP contribution >= 0.6 is 12.2 Å². The summed E-state index contributed by atoms with van der Waals surface area (Å²) in [7, 11) is 2.14. The summed E-state index contributed by atoms with van der Waals surface area (Å²) < 4.78 is 0. The van der Waals surface area contributed by atoms with Gasteiger partial charge in [0.15, 0.2) is 5.11 Å². The van der Waals surface area contributed by atoms with Crippen molar-refractivity contribution >= 4 is 40.2 Å². The minimum atomic E-state index is -0.124. The van der Waals surface area contributed by atoms with Crippen LogP contribution in [-0.4, -0.2) is 40.0 Å². The van der Waals surface area contributed by atoms with Gasteiger partial charge in [-0.15, -0.1) is 0 Å². The van der Waals surface area contributed by atoms with Gasteiger partial charge in [-0.2, -0.15) is 0 Å². The summed E-state index contributed by atoms with van der Waals surface area (Å²) >= 11 is 5.84. The minimum Gasteiger partial charge on any atom is -0.366 e. The van der Waals surface area contributed by atoms with Gasteiger partial charge in [-0.25, -0.2) is 0 Å². The number of likely N-dealkylation sites (N-methyl/N-ethyl adjacent to an activating group) is 1. The summed E-state index contributed by atoms with van der Waals surface area (Å²) in [6.45, 7) is 11.2. The number of aromatic nitrogens is 1. The van der Waals surface area contributed by atoms with Gasteiger partial charge in [-0.1, -0.05) is 30.3 Å². The first-order chi connectivity index (χ1) is 18.5. The summed E-state index contributed by atoms with van der Waals surface area (Å²) in [6.07, 6.45) is 4.46. The third kappa shape index (κ3) is 5.28. The predicted octanol–water partition coefficient (Wildman–Crippen LogP) is 6.33. The number of carbonyl (C=O) groups is 1. The Balaban J connectivity index is 1.45. The van der Waals surface area contributed by atoms with Gasteiger partial charge >= 0.3 is 0 Å². The van der Waals surface area contributed by atoms with Gasteiger partial charge in [0, 0.05) is 43.1 Å². The summed E-state index contributed by atoms with van der Waals surface area (Å²) in [4.78, 5) is 22.2. The number of hydrogen-bond acceptors (Lipinski definition) is 4. The fraction of sp³-hybridized carbons (Fsp3) is 0.344. The van der Waals surface area contributed by atoms with Gasteiger partial charge in [0.1, 0.15) is 0 Å². The molecule has 0 aliphatic carbocycles. The van der Waals surface area contributed by atoms with E-state index in [0.29, 0.717) is 18.1 Å². The van der Waals surface area contributed by atoms with Crippen LogP contribution < -0.4 is 15.5 Å². The van der Waals surface area contributed by atoms with Crippen LogP contribution in [-0.2, 0) is 4.79 Å². The monoisotopic (exact) mass is 539 g/mol. The Hall–Kier alpha value is -3.71. The molecule has 1 aromatic heterocycles. The number of anilines is 2. The van der Waals surface area contributed by atoms with E-state index < -0.39 is 0 Å². The number of thiocarbonyl (C=S) groups is 1. The van der Waals surface area contributed by atoms with Crippen molar-refractivity contribution in [1.29, 1.82) is 0 Å². The lowest BCUT2D eigenvalue weighted by atomic mass is 9.86. The molecule has 0 bridgehead atoms. The highest BCUT2D eigenvalue weighted by molar-refractivity contribution is 7.80. The Morgan fingerprint density at radius 1 is 1.10 bits per heavy atom. The van der Waals surface area contributed by atoms with Crippen molar-refractivity contribution in [3.8, 4) is 0 Å². The number of nitrogens with one attached hydrogen (secondary N) is 2. The molecule has 2 unspecified atom stereocenters. The van der Waals surface area contributed by atoms with Gasteiger partial charge < -0.3 is 20.4 Å². The number of amides is 1. The number of benzene rings is 2. The highest BCUT2D eigenvalue weighted by atomic mass is 32.1. The van der Waals surface area contributed by atoms with E-state index in [4.69, 9.17) is 12.2 Å². The zero-order valence-corrected chi connectivity index (χ0v) is 24.4. The number of aryl methyl sites for hydroxylation is 2. The second kappa shape index (κ2) is 10.5. The van der Waals surface area contributed by atoms with Gasteiger partial charge in [-0.05, 0) is 99.4 Å². The van der Waals surface area contributed by atoms with E-state index in [1.807, 2.05) is 50.4 Å². The molecule has 0 radical (unpaired) electrons. The molecule has 6 nitrogen and oxygen atoms in total. The molecule has 2 aliphatic heterocycles. The number of hydrogen-bond donors (Lipinski definition) is 2. The first-order valence-corrected chi connectivity index (χ1v) is 13.9. The molecule has 0 spiro atoms. The molecule has 1 fully saturated rings. The lowest BCUT2D eigenvalue weighted by Gasteiger charge is -2.41. The lowest BCUT2D eigenvalue weighted by molar-refractivity contribution is -0.116. The highest BCUT2D eigenvalue weighted by Gasteiger charge is 2.40. The van der Waals surface area contributed by atoms with Gasteiger partial charge in [0.25, 0.3) is 0 Å². The highest BCUT2D eigenvalue weighted by Crippen LogP contribution is 2.43. The first kappa shape index (κ1) is 26.9. The number of nitrogens with zero attached hydrogens (tertiary/aromatic N) is 3. The van der Waals surface area contributed by atoms with E-state index >= 15 is 0 Å². The Kier molecular flexibility index (Phi) is 7.21. The van der Waals surface area contributed by atoms with Gasteiger partial charge in [-0.3, -0.25) is 9.78 Å². The normalized spacial score (nSPS) is 19.8. The molecule has 3 aromatic rings. The zero-order chi connectivity index (χ0) is 27.9. The maximum atomic E-state index is 13.0. The van der Waals surface area contributed by atoms with Crippen molar-refractivity contribution in [2.75, 3.05) is 23.8 Å². The molecule has 0 saturated carbocycles. The average Bonchev–Trinajstić information content (AvgIpc) is 3.24. The topological polar surface area (TPSA) is 60.5 Å². The maximum Gasteiger partial charge on any atom is 0.226 e. The van der Waals surface area contributed by atoms with E-state index in [9.17, 15) is 4.79 Å². The van der Waals surface area contributed by atoms with Gasteiger partial charge in [0.05, 0.1) is 23.3 Å². The zero-order valence-electron chi connectivity index (χ0n) is 23.6. The molecule has 39 heavy (non-hydrogen) atoms. The van der Waals surface area contributed by atoms with Crippen LogP contribution in [0.3, 0.4) is 0 Å². The summed E-state index contributed by atoms with van der Waals surface area (Å²) in [5.41, 5.74) is 8.73. The number of rotatable bonds is 6. The van der Waals surface area contributed by atoms with Crippen LogP contribution in [0.4, 0.5) is 11.4 Å². The SMILES string of the molecule is CC1=CC(C)(C)N(C)c2ccc(C3C(c4ccccn4)NC(=S)N3CCC(=O)Nc3cc(C)ccc3C)cc21. The largest absolute Gasteiger partial charge is 0.366 e. The number of allylic oxidation sites excluding steroid dienone is 1. The fourth-order valence-corrected chi connectivity index (χ4v) is 6.01. The molecular weight excluding hydrogens is 502 g/mol. The molecule has 2 aromatic carbocycles. The fourth-order valence-electron chi connectivity index (χ4n) is 5.68. The second-order valence-electron chi connectivity index (χ2n) is 11.3. The molecule has 3 heterocycles. The Bertz CT molecular complexity index is 1450. The van der Waals surface area contributed by atoms with Crippen molar-refractivity contribution in [2.24, 2.45) is 0 Å². The van der Waals surface area contributed by atoms with Crippen molar-refractivity contribution in [3.05, 3.63) is 94.8 Å². The Labute approximate surface area is 237 Å². The Morgan fingerprint density at radius 3 is 2.64 bits per heavy atom. The quantitative estimate of drug-likeness (QED) is 0.357. The van der Waals surface area contributed by atoms with Crippen molar-refractivity contribution in [1.82, 2.24) is 15.2 Å². The molecular formula is C32H37N5OS. The summed E-state index contributed by atoms with van der Waals surface area (Å²) in [5.74, 6) is -0.0281. The van der Waals surface area contributed by atoms with Crippen LogP contribution in [0.2, 0.25) is 0 Å². The van der Waals surface area contributed by atoms with E-state index in [1.165, 1.54) is 16.8 Å². The van der Waals surface area contributed by atoms with Crippen LogP contribution in [0, 0.1) is 13.8 Å². The van der Waals surface area contributed by atoms with Crippen LogP contribution in [0.5, 0.6) is 0 Å². The predicted molar refractivity (Wildman–Crippen MR) is 164 cm³/mol. The molecule has 5 rings (SSSR count). The Morgan fingerprint density at radius 2 is 1.90 bits per heavy atom. The average molecular weight is 540 g/mol. The van der Waals surface area contributed by atoms with E-state index in [-0.39, 0.29) is 23.5 Å². The number of pyridine rings is 1. The molecule has 2 aliphatic rings. The van der Waals surface area contributed by atoms with Crippen LogP contribution in [0.25, 0.3) is 5.57 Å². The van der Waals surface area contributed by atoms with Gasteiger partial charge in [0.2, 0.25) is 5.91 Å². The molecule has 1 saturated heterocycles. The summed E-state index contributed by atoms with van der Waals surface area (Å²) in [5, 5.41) is 7.24. The standard InChI is InChI=1S/C32H37N5OS/c1-20-10-11-21(2)26(17-20)34-28(38)14-16-37-30(29(35-31(37)39)25-9-7-8-15-33-25)23-12-13-27-24(18-23)22(3)19-32(4,5)36(27)6/h7-13,15,17-19,29-30H,14,16H2,1-6H3,(H,34,38)(H,35,39). The smallest absolute Gasteiger partial charge is 0.226 e. The molecule has 7 heteroatoms. The van der Waals surface area contributed by atoms with E-state index in [2.05, 4.69) is 83.6 Å². The number of carbonyl (C=O) groups excluding carboxylic acids is 1. The van der Waals surface area contributed by atoms with E-state index in [0.717, 1.165) is 28.1 Å². The maximum absolute atomic E-state index is 13.0. The molecule has 202 valence electrons. The molecule has 2 N–H and O–H groups in total. The molecule has 1 amide bonds. The van der Waals surface area contributed by atoms with Crippen molar-refractivity contribution < 1.29 is 4.79 Å². The second-order valence-corrected chi connectivity index (χ2v) is 11.6.